The second kappa shape index (κ2) is 13.0. The van der Waals surface area contributed by atoms with E-state index in [1.807, 2.05) is 66.7 Å². The van der Waals surface area contributed by atoms with E-state index in [2.05, 4.69) is 22.8 Å². The molecule has 214 valence electrons. The van der Waals surface area contributed by atoms with Gasteiger partial charge in [0, 0.05) is 12.0 Å². The first kappa shape index (κ1) is 28.4. The summed E-state index contributed by atoms with van der Waals surface area (Å²) in [5.74, 6) is -1.56. The molecule has 1 fully saturated rings. The number of nitrogens with one attached hydrogen (secondary N) is 2. The Hall–Kier alpha value is -4.17. The van der Waals surface area contributed by atoms with Gasteiger partial charge in [-0.3, -0.25) is 9.59 Å². The molecule has 5 rings (SSSR count). The summed E-state index contributed by atoms with van der Waals surface area (Å²) in [4.78, 5) is 37.9. The van der Waals surface area contributed by atoms with Crippen molar-refractivity contribution in [1.82, 2.24) is 10.6 Å². The van der Waals surface area contributed by atoms with Crippen molar-refractivity contribution in [1.29, 1.82) is 0 Å². The SMILES string of the molecule is CC(OCc1ccccc1)C(NC(=O)OCC1c2ccccc2-c2ccccc21)C(=O)N[C@@H]1CCC[C@H]1CC(=O)O. The maximum atomic E-state index is 13.5. The minimum atomic E-state index is -1.03. The van der Waals surface area contributed by atoms with Crippen LogP contribution in [0.1, 0.15) is 55.2 Å². The van der Waals surface area contributed by atoms with Gasteiger partial charge in [0.2, 0.25) is 5.91 Å². The minimum Gasteiger partial charge on any atom is -0.481 e. The molecule has 3 N–H and O–H groups in total. The van der Waals surface area contributed by atoms with Gasteiger partial charge >= 0.3 is 12.1 Å². The third-order valence-corrected chi connectivity index (χ3v) is 8.15. The number of amides is 2. The number of rotatable bonds is 11. The zero-order chi connectivity index (χ0) is 28.8. The summed E-state index contributed by atoms with van der Waals surface area (Å²) in [6.07, 6.45) is 0.886. The number of carboxylic acids is 1. The number of carbonyl (C=O) groups excluding carboxylic acids is 2. The van der Waals surface area contributed by atoms with Crippen LogP contribution in [-0.2, 0) is 25.7 Å². The van der Waals surface area contributed by atoms with Crippen molar-refractivity contribution in [3.8, 4) is 11.1 Å². The third kappa shape index (κ3) is 6.77. The first-order chi connectivity index (χ1) is 19.9. The van der Waals surface area contributed by atoms with Gasteiger partial charge in [0.15, 0.2) is 0 Å². The molecule has 3 aromatic carbocycles. The van der Waals surface area contributed by atoms with Crippen LogP contribution >= 0.6 is 0 Å². The molecule has 1 saturated carbocycles. The smallest absolute Gasteiger partial charge is 0.407 e. The molecule has 0 aliphatic heterocycles. The lowest BCUT2D eigenvalue weighted by atomic mass is 9.98. The van der Waals surface area contributed by atoms with E-state index in [-0.39, 0.29) is 37.5 Å². The molecule has 2 unspecified atom stereocenters. The zero-order valence-corrected chi connectivity index (χ0v) is 23.1. The van der Waals surface area contributed by atoms with Crippen LogP contribution in [0, 0.1) is 5.92 Å². The van der Waals surface area contributed by atoms with Crippen molar-refractivity contribution in [3.05, 3.63) is 95.6 Å². The number of carboxylic acid groups (broad SMARTS) is 1. The quantitative estimate of drug-likeness (QED) is 0.297. The van der Waals surface area contributed by atoms with Gasteiger partial charge in [-0.15, -0.1) is 0 Å². The Morgan fingerprint density at radius 3 is 2.20 bits per heavy atom. The van der Waals surface area contributed by atoms with E-state index in [4.69, 9.17) is 9.47 Å². The normalized spacial score (nSPS) is 19.0. The van der Waals surface area contributed by atoms with E-state index in [0.29, 0.717) is 6.42 Å². The van der Waals surface area contributed by atoms with Crippen molar-refractivity contribution in [3.63, 3.8) is 0 Å². The summed E-state index contributed by atoms with van der Waals surface area (Å²) in [7, 11) is 0. The van der Waals surface area contributed by atoms with Crippen LogP contribution in [0.15, 0.2) is 78.9 Å². The Kier molecular flexibility index (Phi) is 8.99. The summed E-state index contributed by atoms with van der Waals surface area (Å²) in [6, 6.07) is 24.5. The van der Waals surface area contributed by atoms with Gasteiger partial charge in [0.1, 0.15) is 12.6 Å². The van der Waals surface area contributed by atoms with Crippen LogP contribution in [0.5, 0.6) is 0 Å². The third-order valence-electron chi connectivity index (χ3n) is 8.15. The summed E-state index contributed by atoms with van der Waals surface area (Å²) in [6.45, 7) is 2.13. The van der Waals surface area contributed by atoms with Crippen LogP contribution in [0.3, 0.4) is 0 Å². The van der Waals surface area contributed by atoms with Gasteiger partial charge in [0.25, 0.3) is 0 Å². The van der Waals surface area contributed by atoms with E-state index in [1.54, 1.807) is 6.92 Å². The van der Waals surface area contributed by atoms with E-state index in [0.717, 1.165) is 40.7 Å². The van der Waals surface area contributed by atoms with E-state index in [9.17, 15) is 19.5 Å². The van der Waals surface area contributed by atoms with Crippen LogP contribution in [-0.4, -0.2) is 47.9 Å². The number of aliphatic carboxylic acids is 1. The molecule has 8 heteroatoms. The monoisotopic (exact) mass is 556 g/mol. The Balaban J connectivity index is 1.26. The number of alkyl carbamates (subject to hydrolysis) is 1. The fourth-order valence-corrected chi connectivity index (χ4v) is 6.03. The summed E-state index contributed by atoms with van der Waals surface area (Å²) >= 11 is 0. The fraction of sp³-hybridized carbons (Fsp3) is 0.364. The second-order valence-corrected chi connectivity index (χ2v) is 10.9. The number of hydrogen-bond donors (Lipinski definition) is 3. The molecule has 4 atom stereocenters. The molecule has 41 heavy (non-hydrogen) atoms. The average molecular weight is 557 g/mol. The minimum absolute atomic E-state index is 0.00448. The van der Waals surface area contributed by atoms with Crippen molar-refractivity contribution in [2.45, 2.75) is 63.3 Å². The molecule has 0 aromatic heterocycles. The summed E-state index contributed by atoms with van der Waals surface area (Å²) in [5.41, 5.74) is 5.40. The highest BCUT2D eigenvalue weighted by Gasteiger charge is 2.35. The van der Waals surface area contributed by atoms with Crippen molar-refractivity contribution in [2.24, 2.45) is 5.92 Å². The maximum absolute atomic E-state index is 13.5. The topological polar surface area (TPSA) is 114 Å². The van der Waals surface area contributed by atoms with E-state index in [1.165, 1.54) is 0 Å². The second-order valence-electron chi connectivity index (χ2n) is 10.9. The first-order valence-electron chi connectivity index (χ1n) is 14.2. The molecule has 0 saturated heterocycles. The highest BCUT2D eigenvalue weighted by atomic mass is 16.5. The number of benzene rings is 3. The molecular formula is C33H36N2O6. The number of fused-ring (bicyclic) bond motifs is 3. The highest BCUT2D eigenvalue weighted by molar-refractivity contribution is 5.86. The van der Waals surface area contributed by atoms with Crippen LogP contribution < -0.4 is 10.6 Å². The molecule has 2 aliphatic carbocycles. The van der Waals surface area contributed by atoms with Gasteiger partial charge in [-0.25, -0.2) is 4.79 Å². The van der Waals surface area contributed by atoms with Crippen LogP contribution in [0.2, 0.25) is 0 Å². The molecule has 2 amide bonds. The van der Waals surface area contributed by atoms with Crippen molar-refractivity contribution < 1.29 is 29.0 Å². The summed E-state index contributed by atoms with van der Waals surface area (Å²) in [5, 5.41) is 15.0. The van der Waals surface area contributed by atoms with E-state index >= 15 is 0 Å². The molecule has 2 aliphatic rings. The van der Waals surface area contributed by atoms with Crippen molar-refractivity contribution >= 4 is 18.0 Å². The zero-order valence-electron chi connectivity index (χ0n) is 23.1. The summed E-state index contributed by atoms with van der Waals surface area (Å²) < 4.78 is 11.7. The molecular weight excluding hydrogens is 520 g/mol. The molecule has 3 aromatic rings. The Morgan fingerprint density at radius 2 is 1.54 bits per heavy atom. The number of ether oxygens (including phenoxy) is 2. The lowest BCUT2D eigenvalue weighted by Crippen LogP contribution is -2.55. The van der Waals surface area contributed by atoms with Gasteiger partial charge < -0.3 is 25.2 Å². The molecule has 0 heterocycles. The molecule has 0 radical (unpaired) electrons. The fourth-order valence-electron chi connectivity index (χ4n) is 6.03. The Bertz CT molecular complexity index is 1330. The maximum Gasteiger partial charge on any atom is 0.407 e. The molecule has 0 spiro atoms. The lowest BCUT2D eigenvalue weighted by molar-refractivity contribution is -0.138. The van der Waals surface area contributed by atoms with E-state index < -0.39 is 30.1 Å². The first-order valence-corrected chi connectivity index (χ1v) is 14.2. The predicted molar refractivity (Wildman–Crippen MR) is 154 cm³/mol. The standard InChI is InChI=1S/C33H36N2O6/c1-21(40-19-22-10-3-2-4-11-22)31(32(38)34-29-17-9-12-23(29)18-30(36)37)35-33(39)41-20-28-26-15-7-5-13-24(26)25-14-6-8-16-27(25)28/h2-8,10-11,13-16,21,23,28-29,31H,9,12,17-20H2,1H3,(H,34,38)(H,35,39)(H,36,37)/t21?,23-,29+,31?/m0/s1. The van der Waals surface area contributed by atoms with Gasteiger partial charge in [0.05, 0.1) is 19.1 Å². The molecule has 0 bridgehead atoms. The van der Waals surface area contributed by atoms with Crippen LogP contribution in [0.4, 0.5) is 4.79 Å². The lowest BCUT2D eigenvalue weighted by Gasteiger charge is -2.28. The Morgan fingerprint density at radius 1 is 0.902 bits per heavy atom. The number of hydrogen-bond acceptors (Lipinski definition) is 5. The molecule has 8 nitrogen and oxygen atoms in total. The van der Waals surface area contributed by atoms with Crippen LogP contribution in [0.25, 0.3) is 11.1 Å². The number of carbonyl (C=O) groups is 3. The predicted octanol–water partition coefficient (Wildman–Crippen LogP) is 5.26. The largest absolute Gasteiger partial charge is 0.481 e. The van der Waals surface area contributed by atoms with Gasteiger partial charge in [-0.1, -0.05) is 85.3 Å². The van der Waals surface area contributed by atoms with Gasteiger partial charge in [-0.2, -0.15) is 0 Å². The van der Waals surface area contributed by atoms with Crippen molar-refractivity contribution in [2.75, 3.05) is 6.61 Å². The highest BCUT2D eigenvalue weighted by Crippen LogP contribution is 2.44. The average Bonchev–Trinajstić information content (AvgIpc) is 3.55. The van der Waals surface area contributed by atoms with Gasteiger partial charge in [-0.05, 0) is 53.5 Å². The Labute approximate surface area is 240 Å².